The van der Waals surface area contributed by atoms with E-state index in [4.69, 9.17) is 11.6 Å². The van der Waals surface area contributed by atoms with Gasteiger partial charge in [0.2, 0.25) is 0 Å². The molecule has 132 valence electrons. The van der Waals surface area contributed by atoms with Gasteiger partial charge >= 0.3 is 6.03 Å². The quantitative estimate of drug-likeness (QED) is 0.729. The standard InChI is InChI=1S/C18H13BrClN3O3/c19-12-4-2-11(3-5-12)18(16(25)21-17(26)22-18)9-23-8-10-1-6-13(20)7-14(10)15(23)24/h1-7H,8-9H2,(H2,21,22,25,26)/t18-/m0/s1. The Morgan fingerprint density at radius 2 is 1.85 bits per heavy atom. The number of amides is 4. The number of fused-ring (bicyclic) bond motifs is 1. The molecular formula is C18H13BrClN3O3. The molecule has 1 atom stereocenters. The van der Waals surface area contributed by atoms with Crippen LogP contribution < -0.4 is 10.6 Å². The minimum absolute atomic E-state index is 0.0251. The molecule has 2 heterocycles. The summed E-state index contributed by atoms with van der Waals surface area (Å²) in [4.78, 5) is 38.8. The molecule has 6 nitrogen and oxygen atoms in total. The lowest BCUT2D eigenvalue weighted by Gasteiger charge is -2.31. The number of imide groups is 1. The molecule has 4 amide bonds. The highest BCUT2D eigenvalue weighted by atomic mass is 79.9. The summed E-state index contributed by atoms with van der Waals surface area (Å²) in [5, 5.41) is 5.46. The lowest BCUT2D eigenvalue weighted by atomic mass is 9.89. The first-order valence-electron chi connectivity index (χ1n) is 7.86. The number of urea groups is 1. The van der Waals surface area contributed by atoms with Crippen LogP contribution in [0, 0.1) is 0 Å². The molecule has 0 aromatic heterocycles. The van der Waals surface area contributed by atoms with Crippen LogP contribution in [0.2, 0.25) is 5.02 Å². The molecule has 8 heteroatoms. The van der Waals surface area contributed by atoms with Crippen molar-refractivity contribution in [1.29, 1.82) is 0 Å². The second-order valence-electron chi connectivity index (χ2n) is 6.28. The third kappa shape index (κ3) is 2.68. The molecule has 0 saturated carbocycles. The van der Waals surface area contributed by atoms with Gasteiger partial charge in [-0.2, -0.15) is 0 Å². The molecule has 4 rings (SSSR count). The van der Waals surface area contributed by atoms with E-state index in [0.717, 1.165) is 10.0 Å². The van der Waals surface area contributed by atoms with Gasteiger partial charge in [-0.05, 0) is 35.4 Å². The van der Waals surface area contributed by atoms with E-state index in [0.29, 0.717) is 22.7 Å². The molecule has 0 bridgehead atoms. The summed E-state index contributed by atoms with van der Waals surface area (Å²) >= 11 is 9.35. The maximum Gasteiger partial charge on any atom is 0.322 e. The van der Waals surface area contributed by atoms with Crippen LogP contribution in [0.5, 0.6) is 0 Å². The Bertz CT molecular complexity index is 947. The summed E-state index contributed by atoms with van der Waals surface area (Å²) in [6.45, 7) is 0.379. The van der Waals surface area contributed by atoms with Crippen LogP contribution in [0.15, 0.2) is 46.9 Å². The van der Waals surface area contributed by atoms with E-state index in [1.165, 1.54) is 0 Å². The van der Waals surface area contributed by atoms with Gasteiger partial charge in [0.25, 0.3) is 11.8 Å². The second kappa shape index (κ2) is 6.10. The Hall–Kier alpha value is -2.38. The fourth-order valence-corrected chi connectivity index (χ4v) is 3.82. The highest BCUT2D eigenvalue weighted by molar-refractivity contribution is 9.10. The van der Waals surface area contributed by atoms with E-state index in [2.05, 4.69) is 26.6 Å². The summed E-state index contributed by atoms with van der Waals surface area (Å²) in [6, 6.07) is 11.6. The SMILES string of the molecule is O=C1NC(=O)[C@](CN2Cc3ccc(Cl)cc3C2=O)(c2ccc(Br)cc2)N1. The van der Waals surface area contributed by atoms with E-state index >= 15 is 0 Å². The highest BCUT2D eigenvalue weighted by Crippen LogP contribution is 2.32. The van der Waals surface area contributed by atoms with Gasteiger partial charge in [-0.3, -0.25) is 14.9 Å². The zero-order valence-corrected chi connectivity index (χ0v) is 15.7. The maximum atomic E-state index is 12.8. The van der Waals surface area contributed by atoms with Gasteiger partial charge in [0.1, 0.15) is 0 Å². The third-order valence-corrected chi connectivity index (χ3v) is 5.42. The van der Waals surface area contributed by atoms with E-state index in [9.17, 15) is 14.4 Å². The molecule has 2 aliphatic rings. The predicted molar refractivity (Wildman–Crippen MR) is 98.7 cm³/mol. The van der Waals surface area contributed by atoms with Crippen LogP contribution in [0.1, 0.15) is 21.5 Å². The second-order valence-corrected chi connectivity index (χ2v) is 7.64. The topological polar surface area (TPSA) is 78.5 Å². The van der Waals surface area contributed by atoms with Gasteiger partial charge in [0, 0.05) is 21.6 Å². The lowest BCUT2D eigenvalue weighted by molar-refractivity contribution is -0.124. The summed E-state index contributed by atoms with van der Waals surface area (Å²) in [5.74, 6) is -0.695. The first-order chi connectivity index (χ1) is 12.4. The van der Waals surface area contributed by atoms with Crippen molar-refractivity contribution in [1.82, 2.24) is 15.5 Å². The molecule has 2 aromatic carbocycles. The highest BCUT2D eigenvalue weighted by Gasteiger charge is 2.50. The van der Waals surface area contributed by atoms with E-state index < -0.39 is 17.5 Å². The van der Waals surface area contributed by atoms with Crippen LogP contribution >= 0.6 is 27.5 Å². The van der Waals surface area contributed by atoms with Gasteiger partial charge < -0.3 is 10.2 Å². The van der Waals surface area contributed by atoms with Crippen molar-refractivity contribution in [3.8, 4) is 0 Å². The van der Waals surface area contributed by atoms with Crippen molar-refractivity contribution in [2.24, 2.45) is 0 Å². The van der Waals surface area contributed by atoms with Gasteiger partial charge in [-0.15, -0.1) is 0 Å². The van der Waals surface area contributed by atoms with E-state index in [1.807, 2.05) is 0 Å². The first kappa shape index (κ1) is 17.1. The summed E-state index contributed by atoms with van der Waals surface area (Å²) in [5.41, 5.74) is 0.633. The molecule has 0 aliphatic carbocycles. The molecule has 0 unspecified atom stereocenters. The van der Waals surface area contributed by atoms with Crippen molar-refractivity contribution in [2.45, 2.75) is 12.1 Å². The van der Waals surface area contributed by atoms with Gasteiger partial charge in [-0.25, -0.2) is 4.79 Å². The number of benzene rings is 2. The number of nitrogens with zero attached hydrogens (tertiary/aromatic N) is 1. The van der Waals surface area contributed by atoms with E-state index in [1.54, 1.807) is 47.4 Å². The molecule has 0 spiro atoms. The molecule has 26 heavy (non-hydrogen) atoms. The van der Waals surface area contributed by atoms with Crippen molar-refractivity contribution in [2.75, 3.05) is 6.54 Å². The zero-order chi connectivity index (χ0) is 18.5. The monoisotopic (exact) mass is 433 g/mol. The van der Waals surface area contributed by atoms with Crippen LogP contribution in [-0.2, 0) is 16.9 Å². The number of carbonyl (C=O) groups is 3. The molecule has 2 N–H and O–H groups in total. The van der Waals surface area contributed by atoms with Crippen LogP contribution in [-0.4, -0.2) is 29.3 Å². The first-order valence-corrected chi connectivity index (χ1v) is 9.03. The largest absolute Gasteiger partial charge is 0.331 e. The average molecular weight is 435 g/mol. The number of nitrogens with one attached hydrogen (secondary N) is 2. The normalized spacial score (nSPS) is 21.6. The summed E-state index contributed by atoms with van der Waals surface area (Å²) in [6.07, 6.45) is 0. The molecular weight excluding hydrogens is 422 g/mol. The number of hydrogen-bond donors (Lipinski definition) is 2. The van der Waals surface area contributed by atoms with Crippen LogP contribution in [0.25, 0.3) is 0 Å². The molecule has 1 saturated heterocycles. The average Bonchev–Trinajstić information content (AvgIpc) is 3.06. The Kier molecular flexibility index (Phi) is 4.00. The number of rotatable bonds is 3. The van der Waals surface area contributed by atoms with Crippen molar-refractivity contribution in [3.63, 3.8) is 0 Å². The fraction of sp³-hybridized carbons (Fsp3) is 0.167. The van der Waals surface area contributed by atoms with Gasteiger partial charge in [-0.1, -0.05) is 45.7 Å². The Balaban J connectivity index is 1.71. The maximum absolute atomic E-state index is 12.8. The summed E-state index contributed by atoms with van der Waals surface area (Å²) < 4.78 is 0.848. The van der Waals surface area contributed by atoms with Crippen LogP contribution in [0.4, 0.5) is 4.79 Å². The molecule has 0 radical (unpaired) electrons. The predicted octanol–water partition coefficient (Wildman–Crippen LogP) is 2.79. The Morgan fingerprint density at radius 1 is 1.12 bits per heavy atom. The fourth-order valence-electron chi connectivity index (χ4n) is 3.38. The molecule has 2 aliphatic heterocycles. The lowest BCUT2D eigenvalue weighted by Crippen LogP contribution is -2.52. The Labute approximate surface area is 162 Å². The van der Waals surface area contributed by atoms with Crippen molar-refractivity contribution in [3.05, 3.63) is 68.7 Å². The van der Waals surface area contributed by atoms with Crippen molar-refractivity contribution < 1.29 is 14.4 Å². The minimum atomic E-state index is -1.33. The minimum Gasteiger partial charge on any atom is -0.331 e. The van der Waals surface area contributed by atoms with E-state index in [-0.39, 0.29) is 12.5 Å². The number of hydrogen-bond acceptors (Lipinski definition) is 3. The third-order valence-electron chi connectivity index (χ3n) is 4.66. The van der Waals surface area contributed by atoms with Gasteiger partial charge in [0.05, 0.1) is 6.54 Å². The molecule has 2 aromatic rings. The Morgan fingerprint density at radius 3 is 2.50 bits per heavy atom. The van der Waals surface area contributed by atoms with Gasteiger partial charge in [0.15, 0.2) is 5.54 Å². The number of halogens is 2. The van der Waals surface area contributed by atoms with Crippen molar-refractivity contribution >= 4 is 45.4 Å². The smallest absolute Gasteiger partial charge is 0.322 e. The number of carbonyl (C=O) groups excluding carboxylic acids is 3. The molecule has 1 fully saturated rings. The summed E-state index contributed by atoms with van der Waals surface area (Å²) in [7, 11) is 0. The van der Waals surface area contributed by atoms with Crippen LogP contribution in [0.3, 0.4) is 0 Å². The zero-order valence-electron chi connectivity index (χ0n) is 13.4.